The molecule has 9 heteroatoms. The van der Waals surface area contributed by atoms with Crippen molar-refractivity contribution in [3.8, 4) is 17.0 Å². The fraction of sp³-hybridized carbons (Fsp3) is 0.225. The van der Waals surface area contributed by atoms with Gasteiger partial charge in [0.05, 0.1) is 34.3 Å². The quantitative estimate of drug-likeness (QED) is 0.0883. The molecule has 3 unspecified atom stereocenters. The third-order valence-corrected chi connectivity index (χ3v) is 9.53. The number of carbonyl (C=O) groups is 4. The van der Waals surface area contributed by atoms with Gasteiger partial charge in [0.15, 0.2) is 6.10 Å². The first-order valence-corrected chi connectivity index (χ1v) is 16.7. The van der Waals surface area contributed by atoms with Crippen LogP contribution in [0.15, 0.2) is 103 Å². The van der Waals surface area contributed by atoms with Crippen LogP contribution in [0, 0.1) is 11.8 Å². The normalized spacial score (nSPS) is 17.9. The van der Waals surface area contributed by atoms with Gasteiger partial charge in [0, 0.05) is 21.5 Å². The maximum absolute atomic E-state index is 13.7. The average Bonchev–Trinajstić information content (AvgIpc) is 3.39. The van der Waals surface area contributed by atoms with Gasteiger partial charge in [-0.3, -0.25) is 19.3 Å². The Morgan fingerprint density at radius 2 is 1.53 bits per heavy atom. The zero-order valence-corrected chi connectivity index (χ0v) is 27.6. The molecular formula is C40H33ClN2O6. The van der Waals surface area contributed by atoms with Crippen molar-refractivity contribution in [3.05, 3.63) is 125 Å². The Bertz CT molecular complexity index is 2040. The van der Waals surface area contributed by atoms with Gasteiger partial charge in [0.2, 0.25) is 17.6 Å². The molecule has 1 aromatic heterocycles. The zero-order chi connectivity index (χ0) is 34.1. The zero-order valence-electron chi connectivity index (χ0n) is 26.8. The number of ketones is 1. The van der Waals surface area contributed by atoms with Crippen LogP contribution in [-0.4, -0.2) is 34.7 Å². The van der Waals surface area contributed by atoms with Crippen molar-refractivity contribution in [1.82, 2.24) is 4.98 Å². The van der Waals surface area contributed by atoms with Crippen LogP contribution in [-0.2, 0) is 20.9 Å². The number of imide groups is 1. The largest absolute Gasteiger partial charge is 0.489 e. The van der Waals surface area contributed by atoms with E-state index in [1.165, 1.54) is 11.8 Å². The van der Waals surface area contributed by atoms with Crippen molar-refractivity contribution < 1.29 is 28.7 Å². The highest BCUT2D eigenvalue weighted by molar-refractivity contribution is 6.31. The number of hydrogen-bond donors (Lipinski definition) is 0. The van der Waals surface area contributed by atoms with Gasteiger partial charge in [-0.05, 0) is 86.0 Å². The first-order valence-electron chi connectivity index (χ1n) is 16.4. The second kappa shape index (κ2) is 13.6. The van der Waals surface area contributed by atoms with Crippen LogP contribution in [0.5, 0.6) is 5.75 Å². The number of ether oxygens (including phenoxy) is 2. The molecular weight excluding hydrogens is 640 g/mol. The Balaban J connectivity index is 1.09. The average molecular weight is 673 g/mol. The van der Waals surface area contributed by atoms with Crippen molar-refractivity contribution in [1.29, 1.82) is 0 Å². The molecule has 0 bridgehead atoms. The lowest BCUT2D eigenvalue weighted by Gasteiger charge is -2.19. The summed E-state index contributed by atoms with van der Waals surface area (Å²) in [7, 11) is 0. The molecule has 49 heavy (non-hydrogen) atoms. The van der Waals surface area contributed by atoms with Gasteiger partial charge < -0.3 is 9.47 Å². The van der Waals surface area contributed by atoms with E-state index in [1.807, 2.05) is 30.3 Å². The minimum Gasteiger partial charge on any atom is -0.489 e. The predicted molar refractivity (Wildman–Crippen MR) is 187 cm³/mol. The number of benzene rings is 4. The summed E-state index contributed by atoms with van der Waals surface area (Å²) in [4.78, 5) is 59.2. The molecule has 4 aromatic carbocycles. The molecule has 2 heterocycles. The summed E-state index contributed by atoms with van der Waals surface area (Å²) in [6.07, 6.45) is 2.33. The highest BCUT2D eigenvalue weighted by Gasteiger charge is 2.48. The Labute approximate surface area is 288 Å². The molecule has 2 aliphatic rings. The lowest BCUT2D eigenvalue weighted by molar-refractivity contribution is -0.122. The summed E-state index contributed by atoms with van der Waals surface area (Å²) in [6, 6.07) is 30.1. The molecule has 1 aliphatic heterocycles. The third kappa shape index (κ3) is 6.56. The van der Waals surface area contributed by atoms with Gasteiger partial charge in [-0.2, -0.15) is 0 Å². The van der Waals surface area contributed by atoms with E-state index in [-0.39, 0.29) is 35.0 Å². The molecule has 0 N–H and O–H groups in total. The highest BCUT2D eigenvalue weighted by atomic mass is 35.5. The number of fused-ring (bicyclic) bond motifs is 2. The van der Waals surface area contributed by atoms with Gasteiger partial charge in [0.1, 0.15) is 12.4 Å². The summed E-state index contributed by atoms with van der Waals surface area (Å²) in [5.41, 5.74) is 3.78. The second-order valence-corrected chi connectivity index (χ2v) is 12.9. The molecule has 2 amide bonds. The van der Waals surface area contributed by atoms with E-state index in [2.05, 4.69) is 0 Å². The predicted octanol–water partition coefficient (Wildman–Crippen LogP) is 8.24. The van der Waals surface area contributed by atoms with E-state index < -0.39 is 12.1 Å². The summed E-state index contributed by atoms with van der Waals surface area (Å²) in [5.74, 6) is -1.20. The van der Waals surface area contributed by atoms with Crippen molar-refractivity contribution in [2.75, 3.05) is 4.90 Å². The fourth-order valence-corrected chi connectivity index (χ4v) is 6.85. The monoisotopic (exact) mass is 672 g/mol. The van der Waals surface area contributed by atoms with Gasteiger partial charge in [-0.25, -0.2) is 9.78 Å². The van der Waals surface area contributed by atoms with E-state index in [0.717, 1.165) is 31.2 Å². The molecule has 3 atom stereocenters. The van der Waals surface area contributed by atoms with Crippen LogP contribution in [0.4, 0.5) is 5.69 Å². The van der Waals surface area contributed by atoms with Crippen LogP contribution in [0.3, 0.4) is 0 Å². The number of pyridine rings is 1. The lowest BCUT2D eigenvalue weighted by Crippen LogP contribution is -2.30. The smallest absolute Gasteiger partial charge is 0.339 e. The van der Waals surface area contributed by atoms with Gasteiger partial charge in [-0.1, -0.05) is 66.9 Å². The fourth-order valence-electron chi connectivity index (χ4n) is 6.68. The number of hydrogen-bond acceptors (Lipinski definition) is 7. The van der Waals surface area contributed by atoms with Crippen molar-refractivity contribution in [2.24, 2.45) is 11.8 Å². The first kappa shape index (κ1) is 32.2. The Morgan fingerprint density at radius 3 is 2.20 bits per heavy atom. The molecule has 1 saturated carbocycles. The van der Waals surface area contributed by atoms with Crippen molar-refractivity contribution in [3.63, 3.8) is 0 Å². The van der Waals surface area contributed by atoms with E-state index in [4.69, 9.17) is 26.1 Å². The minimum absolute atomic E-state index is 0.135. The Kier molecular flexibility index (Phi) is 8.97. The number of amides is 2. The standard InChI is InChI=1S/C40H33ClN2O6/c1-24(37(44)27-13-18-30(19-14-27)48-23-25-7-3-2-4-8-25)49-40(47)34-22-36(42-35-20-15-28(41)21-33(34)35)26-11-16-29(17-12-26)43-38(45)31-9-5-6-10-32(31)39(43)46/h2-4,7-8,11-22,24,31-32H,5-6,9-10,23H2,1H3. The lowest BCUT2D eigenvalue weighted by atomic mass is 9.81. The van der Waals surface area contributed by atoms with E-state index in [0.29, 0.717) is 50.8 Å². The summed E-state index contributed by atoms with van der Waals surface area (Å²) < 4.78 is 11.5. The highest BCUT2D eigenvalue weighted by Crippen LogP contribution is 2.40. The first-order chi connectivity index (χ1) is 23.8. The molecule has 8 nitrogen and oxygen atoms in total. The Morgan fingerprint density at radius 1 is 0.857 bits per heavy atom. The van der Waals surface area contributed by atoms with Crippen LogP contribution in [0.1, 0.15) is 58.9 Å². The number of aromatic nitrogens is 1. The maximum atomic E-state index is 13.7. The molecule has 1 saturated heterocycles. The van der Waals surface area contributed by atoms with Crippen molar-refractivity contribution in [2.45, 2.75) is 45.3 Å². The third-order valence-electron chi connectivity index (χ3n) is 9.29. The Hall–Kier alpha value is -5.34. The summed E-state index contributed by atoms with van der Waals surface area (Å²) in [5, 5.41) is 0.896. The topological polar surface area (TPSA) is 103 Å². The summed E-state index contributed by atoms with van der Waals surface area (Å²) >= 11 is 6.30. The van der Waals surface area contributed by atoms with Gasteiger partial charge in [-0.15, -0.1) is 0 Å². The van der Waals surface area contributed by atoms with Crippen LogP contribution in [0.25, 0.3) is 22.2 Å². The second-order valence-electron chi connectivity index (χ2n) is 12.5. The summed E-state index contributed by atoms with van der Waals surface area (Å²) in [6.45, 7) is 1.93. The van der Waals surface area contributed by atoms with Crippen molar-refractivity contribution >= 4 is 51.8 Å². The number of esters is 1. The number of anilines is 1. The van der Waals surface area contributed by atoms with Crippen LogP contribution >= 0.6 is 11.6 Å². The van der Waals surface area contributed by atoms with E-state index >= 15 is 0 Å². The number of nitrogens with zero attached hydrogens (tertiary/aromatic N) is 2. The number of Topliss-reactive ketones (excluding diaryl/α,β-unsaturated/α-hetero) is 1. The molecule has 0 spiro atoms. The maximum Gasteiger partial charge on any atom is 0.339 e. The number of rotatable bonds is 9. The van der Waals surface area contributed by atoms with Crippen LogP contribution < -0.4 is 9.64 Å². The molecule has 7 rings (SSSR count). The van der Waals surface area contributed by atoms with E-state index in [1.54, 1.807) is 72.8 Å². The number of halogens is 1. The van der Waals surface area contributed by atoms with Crippen LogP contribution in [0.2, 0.25) is 5.02 Å². The SMILES string of the molecule is CC(OC(=O)c1cc(-c2ccc(N3C(=O)C4CCCCC4C3=O)cc2)nc2ccc(Cl)cc12)C(=O)c1ccc(OCc2ccccc2)cc1. The minimum atomic E-state index is -1.08. The molecule has 246 valence electrons. The number of carbonyl (C=O) groups excluding carboxylic acids is 4. The molecule has 1 aliphatic carbocycles. The van der Waals surface area contributed by atoms with Gasteiger partial charge in [0.25, 0.3) is 0 Å². The molecule has 2 fully saturated rings. The molecule has 0 radical (unpaired) electrons. The van der Waals surface area contributed by atoms with Gasteiger partial charge >= 0.3 is 5.97 Å². The molecule has 5 aromatic rings. The van der Waals surface area contributed by atoms with E-state index in [9.17, 15) is 19.2 Å².